The molecule has 0 amide bonds. The molecule has 170 valence electrons. The summed E-state index contributed by atoms with van der Waals surface area (Å²) in [6, 6.07) is 7.25. The Kier molecular flexibility index (Phi) is 9.82. The fraction of sp³-hybridized carbons (Fsp3) is 0.263. The summed E-state index contributed by atoms with van der Waals surface area (Å²) < 4.78 is 25.4. The summed E-state index contributed by atoms with van der Waals surface area (Å²) in [5.74, 6) is 0. The average Bonchev–Trinajstić information content (AvgIpc) is 2.67. The summed E-state index contributed by atoms with van der Waals surface area (Å²) in [5.41, 5.74) is 2.29. The quantitative estimate of drug-likeness (QED) is 0.296. The van der Waals surface area contributed by atoms with E-state index < -0.39 is 20.3 Å². The van der Waals surface area contributed by atoms with Crippen molar-refractivity contribution in [1.29, 1.82) is 0 Å². The van der Waals surface area contributed by atoms with E-state index in [1.54, 1.807) is 53.5 Å². The number of hydrogen-bond acceptors (Lipinski definition) is 3. The van der Waals surface area contributed by atoms with Gasteiger partial charge < -0.3 is 32.0 Å². The largest absolute Gasteiger partial charge is 1.00 e. The predicted octanol–water partition coefficient (Wildman–Crippen LogP) is -0.385. The first-order valence-corrected chi connectivity index (χ1v) is 12.4. The van der Waals surface area contributed by atoms with Crippen molar-refractivity contribution in [2.24, 2.45) is 0 Å². The van der Waals surface area contributed by atoms with E-state index in [1.807, 2.05) is 12.1 Å². The van der Waals surface area contributed by atoms with E-state index in [1.165, 1.54) is 6.08 Å². The Morgan fingerprint density at radius 1 is 1.03 bits per heavy atom. The number of halogens is 2. The molecule has 1 unspecified atom stereocenters. The van der Waals surface area contributed by atoms with Gasteiger partial charge in [-0.05, 0) is 29.7 Å². The molecule has 8 nitrogen and oxygen atoms in total. The predicted molar refractivity (Wildman–Crippen MR) is 115 cm³/mol. The van der Waals surface area contributed by atoms with E-state index in [0.29, 0.717) is 5.69 Å². The van der Waals surface area contributed by atoms with E-state index in [0.717, 1.165) is 11.1 Å². The van der Waals surface area contributed by atoms with Gasteiger partial charge in [-0.2, -0.15) is 0 Å². The molecule has 2 aromatic heterocycles. The Bertz CT molecular complexity index is 1040. The number of nitrogens with zero attached hydrogens (tertiary/aromatic N) is 2. The summed E-state index contributed by atoms with van der Waals surface area (Å²) in [5, 5.41) is -1.40. The van der Waals surface area contributed by atoms with E-state index in [9.17, 15) is 28.7 Å². The molecule has 0 radical (unpaired) electrons. The van der Waals surface area contributed by atoms with Crippen molar-refractivity contribution in [3.8, 4) is 11.1 Å². The zero-order valence-corrected chi connectivity index (χ0v) is 19.7. The van der Waals surface area contributed by atoms with Gasteiger partial charge in [0.05, 0.1) is 6.42 Å². The maximum Gasteiger partial charge on any atom is 0.336 e. The first kappa shape index (κ1) is 27.7. The van der Waals surface area contributed by atoms with E-state index in [2.05, 4.69) is 4.98 Å². The highest BCUT2D eigenvalue weighted by molar-refractivity contribution is 7.53. The second-order valence-electron chi connectivity index (χ2n) is 7.04. The van der Waals surface area contributed by atoms with Crippen LogP contribution in [0.5, 0.6) is 0 Å². The normalized spacial score (nSPS) is 18.2. The summed E-state index contributed by atoms with van der Waals surface area (Å²) in [6.45, 7) is 0.0348. The molecule has 0 spiro atoms. The summed E-state index contributed by atoms with van der Waals surface area (Å²) in [6.07, 6.45) is 11.4. The molecule has 1 atom stereocenters. The van der Waals surface area contributed by atoms with Crippen molar-refractivity contribution in [3.05, 3.63) is 72.9 Å². The van der Waals surface area contributed by atoms with Gasteiger partial charge in [0.25, 0.3) is 0 Å². The van der Waals surface area contributed by atoms with E-state index in [4.69, 9.17) is 0 Å². The second-order valence-corrected chi connectivity index (χ2v) is 10.8. The molecule has 1 aliphatic carbocycles. The molecule has 0 saturated carbocycles. The molecule has 2 aromatic rings. The summed E-state index contributed by atoms with van der Waals surface area (Å²) in [4.78, 5) is 42.6. The van der Waals surface area contributed by atoms with Gasteiger partial charge in [-0.3, -0.25) is 14.1 Å². The van der Waals surface area contributed by atoms with Gasteiger partial charge in [0.2, 0.25) is 0 Å². The van der Waals surface area contributed by atoms with Crippen LogP contribution in [0.2, 0.25) is 0 Å². The molecule has 3 rings (SSSR count). The zero-order valence-electron chi connectivity index (χ0n) is 16.4. The van der Waals surface area contributed by atoms with E-state index >= 15 is 0 Å². The maximum atomic E-state index is 12.4. The molecule has 1 aliphatic rings. The first-order chi connectivity index (χ1) is 13.6. The van der Waals surface area contributed by atoms with Gasteiger partial charge in [0.15, 0.2) is 18.4 Å². The van der Waals surface area contributed by atoms with Crippen molar-refractivity contribution in [2.75, 3.05) is 6.16 Å². The molecule has 31 heavy (non-hydrogen) atoms. The lowest BCUT2D eigenvalue weighted by Crippen LogP contribution is -3.00. The lowest BCUT2D eigenvalue weighted by molar-refractivity contribution is -0.700. The van der Waals surface area contributed by atoms with Crippen molar-refractivity contribution in [2.45, 2.75) is 24.5 Å². The van der Waals surface area contributed by atoms with Crippen molar-refractivity contribution < 1.29 is 45.7 Å². The Morgan fingerprint density at radius 3 is 2.26 bits per heavy atom. The second kappa shape index (κ2) is 11.0. The highest BCUT2D eigenvalue weighted by Gasteiger charge is 2.46. The Balaban J connectivity index is 0.00000240. The van der Waals surface area contributed by atoms with Crippen LogP contribution in [-0.2, 0) is 22.1 Å². The van der Waals surface area contributed by atoms with Crippen LogP contribution in [0.3, 0.4) is 0 Å². The number of aromatic nitrogens is 2. The third-order valence-electron chi connectivity index (χ3n) is 4.96. The van der Waals surface area contributed by atoms with Crippen molar-refractivity contribution in [3.63, 3.8) is 0 Å². The average molecular weight is 509 g/mol. The van der Waals surface area contributed by atoms with Crippen LogP contribution in [0, 0.1) is 0 Å². The number of pyridine rings is 2. The Morgan fingerprint density at radius 2 is 1.71 bits per heavy atom. The van der Waals surface area contributed by atoms with E-state index in [-0.39, 0.29) is 50.4 Å². The smallest absolute Gasteiger partial charge is 0.336 e. The first-order valence-electron chi connectivity index (χ1n) is 8.97. The molecule has 4 N–H and O–H groups in total. The number of hydrogen-bond donors (Lipinski definition) is 4. The maximum absolute atomic E-state index is 12.4. The van der Waals surface area contributed by atoms with Gasteiger partial charge in [-0.1, -0.05) is 24.3 Å². The molecule has 0 fully saturated rings. The molecule has 0 bridgehead atoms. The summed E-state index contributed by atoms with van der Waals surface area (Å²) in [7, 11) is -8.73. The van der Waals surface area contributed by atoms with Crippen LogP contribution in [-0.4, -0.2) is 35.9 Å². The Labute approximate surface area is 192 Å². The molecule has 0 saturated heterocycles. The molecule has 2 heterocycles. The topological polar surface area (TPSA) is 132 Å². The molecule has 0 aliphatic heterocycles. The molecule has 0 aromatic carbocycles. The number of aryl methyl sites for hydroxylation is 1. The van der Waals surface area contributed by atoms with Crippen molar-refractivity contribution >= 4 is 27.6 Å². The minimum absolute atomic E-state index is 0. The van der Waals surface area contributed by atoms with Gasteiger partial charge in [-0.15, -0.1) is 12.4 Å². The number of rotatable bonds is 7. The monoisotopic (exact) mass is 508 g/mol. The highest BCUT2D eigenvalue weighted by atomic mass is 35.5. The standard InChI is InChI=1S/C19H22N2O6P2.2ClH/c22-28(23,24)13-12-21-11-6-17(16-4-9-20-10-5-16)14-18(21)15-19(29(25,26)27)7-2-1-3-8-19;;/h1-7,9-11,14H,8,12-13,15H2,(H3-,22,23,24,25,26,27);2*1H. The summed E-state index contributed by atoms with van der Waals surface area (Å²) >= 11 is 0. The van der Waals surface area contributed by atoms with Gasteiger partial charge in [0, 0.05) is 24.5 Å². The van der Waals surface area contributed by atoms with Crippen LogP contribution in [0.25, 0.3) is 11.1 Å². The lowest BCUT2D eigenvalue weighted by Gasteiger charge is -2.31. The SMILES string of the molecule is Cl.O=P(O)(O)CC[n+]1ccc(-c2ccncc2)cc1CC1(P(=O)(O)O)C=CC=CC1.[Cl-]. The lowest BCUT2D eigenvalue weighted by atomic mass is 9.93. The third kappa shape index (κ3) is 7.07. The van der Waals surface area contributed by atoms with Crippen LogP contribution in [0.4, 0.5) is 0 Å². The fourth-order valence-corrected chi connectivity index (χ4v) is 4.79. The molecular formula is C19H24Cl2N2O6P2. The zero-order chi connectivity index (χ0) is 21.1. The molecule has 12 heteroatoms. The van der Waals surface area contributed by atoms with Crippen LogP contribution in [0.1, 0.15) is 12.1 Å². The van der Waals surface area contributed by atoms with Crippen LogP contribution in [0.15, 0.2) is 67.2 Å². The van der Waals surface area contributed by atoms with Crippen LogP contribution < -0.4 is 17.0 Å². The van der Waals surface area contributed by atoms with Gasteiger partial charge in [0.1, 0.15) is 11.3 Å². The highest BCUT2D eigenvalue weighted by Crippen LogP contribution is 2.56. The minimum Gasteiger partial charge on any atom is -1.00 e. The van der Waals surface area contributed by atoms with Gasteiger partial charge >= 0.3 is 15.2 Å². The Hall–Kier alpha value is -1.34. The van der Waals surface area contributed by atoms with Gasteiger partial charge in [-0.25, -0.2) is 4.57 Å². The third-order valence-corrected chi connectivity index (χ3v) is 7.40. The fourth-order valence-electron chi connectivity index (χ4n) is 3.33. The van der Waals surface area contributed by atoms with Crippen molar-refractivity contribution in [1.82, 2.24) is 4.98 Å². The molecular weight excluding hydrogens is 485 g/mol. The minimum atomic E-state index is -4.51. The number of allylic oxidation sites excluding steroid dienone is 4. The van der Waals surface area contributed by atoms with Crippen LogP contribution >= 0.6 is 27.6 Å².